The summed E-state index contributed by atoms with van der Waals surface area (Å²) in [4.78, 5) is 0. The first-order valence-corrected chi connectivity index (χ1v) is 8.83. The Bertz CT molecular complexity index is 823. The van der Waals surface area contributed by atoms with Gasteiger partial charge >= 0.3 is 0 Å². The molecule has 0 saturated carbocycles. The molecule has 0 aromatic heterocycles. The molecule has 2 aliphatic rings. The molecule has 140 valence electrons. The van der Waals surface area contributed by atoms with Crippen LogP contribution in [0.15, 0.2) is 30.3 Å². The predicted molar refractivity (Wildman–Crippen MR) is 97.4 cm³/mol. The fourth-order valence-electron chi connectivity index (χ4n) is 4.60. The molecule has 0 amide bonds. The Hall–Kier alpha value is -1.72. The number of hydrogen-bond donors (Lipinski definition) is 0. The van der Waals surface area contributed by atoms with Crippen LogP contribution in [0.3, 0.4) is 0 Å². The lowest BCUT2D eigenvalue weighted by Gasteiger charge is -2.49. The monoisotopic (exact) mass is 419 g/mol. The molecule has 5 heteroatoms. The zero-order valence-electron chi connectivity index (χ0n) is 15.8. The molecule has 2 aromatic carbocycles. The lowest BCUT2D eigenvalue weighted by Crippen LogP contribution is -3.00. The maximum Gasteiger partial charge on any atom is 0.169 e. The third kappa shape index (κ3) is 2.87. The minimum absolute atomic E-state index is 0. The summed E-state index contributed by atoms with van der Waals surface area (Å²) in [5.74, 6) is 2.68. The van der Waals surface area contributed by atoms with Crippen molar-refractivity contribution in [3.05, 3.63) is 52.6 Å². The van der Waals surface area contributed by atoms with E-state index in [1.165, 1.54) is 22.3 Å². The summed E-state index contributed by atoms with van der Waals surface area (Å²) in [5.41, 5.74) is 5.58. The van der Waals surface area contributed by atoms with Crippen molar-refractivity contribution < 1.29 is 35.7 Å². The second kappa shape index (κ2) is 7.12. The zero-order valence-corrected chi connectivity index (χ0v) is 17.4. The number of hydrogen-bond acceptors (Lipinski definition) is 3. The van der Waals surface area contributed by atoms with Gasteiger partial charge in [0.25, 0.3) is 0 Å². The fourth-order valence-corrected chi connectivity index (χ4v) is 4.60. The third-order valence-electron chi connectivity index (χ3n) is 6.03. The first kappa shape index (κ1) is 19.1. The largest absolute Gasteiger partial charge is 1.00 e. The number of nitrogens with zero attached hydrogens (tertiary/aromatic N) is 1. The summed E-state index contributed by atoms with van der Waals surface area (Å²) in [5, 5.41) is 0. The standard InChI is InChI=1S/C21H26NO3.BrH/c1-22-10-9-15-11-16(23-2)6-7-17(15)19(22)12-14-5-8-20(24-3)21(25-4)18(14)13-22;/h5-8,11,19H,9-10,12-13H2,1-4H3;1H/q+1;/p-1. The number of halogens is 1. The van der Waals surface area contributed by atoms with Crippen molar-refractivity contribution in [1.82, 2.24) is 0 Å². The van der Waals surface area contributed by atoms with Crippen LogP contribution >= 0.6 is 0 Å². The van der Waals surface area contributed by atoms with Crippen LogP contribution in [-0.4, -0.2) is 39.4 Å². The minimum Gasteiger partial charge on any atom is -1.00 e. The molecule has 0 saturated heterocycles. The molecular formula is C21H26BrNO3. The molecule has 0 fully saturated rings. The minimum atomic E-state index is 0. The van der Waals surface area contributed by atoms with E-state index in [1.807, 2.05) is 6.07 Å². The number of likely N-dealkylation sites (N-methyl/N-ethyl adjacent to an activating group) is 1. The SMILES string of the molecule is COc1ccc2c(c1)CC[N+]1(C)Cc3c(ccc(OC)c3OC)CC21.[Br-]. The van der Waals surface area contributed by atoms with Crippen LogP contribution in [0.1, 0.15) is 28.3 Å². The van der Waals surface area contributed by atoms with Gasteiger partial charge in [-0.2, -0.15) is 0 Å². The molecule has 2 unspecified atom stereocenters. The Morgan fingerprint density at radius 2 is 1.77 bits per heavy atom. The fraction of sp³-hybridized carbons (Fsp3) is 0.429. The number of fused-ring (bicyclic) bond motifs is 4. The third-order valence-corrected chi connectivity index (χ3v) is 6.03. The predicted octanol–water partition coefficient (Wildman–Crippen LogP) is 0.517. The van der Waals surface area contributed by atoms with Crippen LogP contribution in [0.5, 0.6) is 17.2 Å². The molecule has 0 aliphatic carbocycles. The normalized spacial score (nSPS) is 23.0. The highest BCUT2D eigenvalue weighted by Crippen LogP contribution is 2.47. The summed E-state index contributed by atoms with van der Waals surface area (Å²) >= 11 is 0. The summed E-state index contributed by atoms with van der Waals surface area (Å²) < 4.78 is 17.7. The molecule has 0 N–H and O–H groups in total. The van der Waals surface area contributed by atoms with E-state index in [4.69, 9.17) is 14.2 Å². The van der Waals surface area contributed by atoms with Crippen LogP contribution in [0.25, 0.3) is 0 Å². The number of methoxy groups -OCH3 is 3. The molecular weight excluding hydrogens is 394 g/mol. The van der Waals surface area contributed by atoms with Gasteiger partial charge in [-0.3, -0.25) is 0 Å². The van der Waals surface area contributed by atoms with Crippen molar-refractivity contribution in [1.29, 1.82) is 0 Å². The van der Waals surface area contributed by atoms with Crippen molar-refractivity contribution in [2.24, 2.45) is 0 Å². The van der Waals surface area contributed by atoms with Gasteiger partial charge < -0.3 is 35.7 Å². The quantitative estimate of drug-likeness (QED) is 0.678. The molecule has 2 atom stereocenters. The lowest BCUT2D eigenvalue weighted by atomic mass is 9.81. The van der Waals surface area contributed by atoms with E-state index < -0.39 is 0 Å². The molecule has 26 heavy (non-hydrogen) atoms. The lowest BCUT2D eigenvalue weighted by molar-refractivity contribution is -0.956. The highest BCUT2D eigenvalue weighted by molar-refractivity contribution is 5.52. The second-order valence-electron chi connectivity index (χ2n) is 7.33. The number of benzene rings is 2. The Morgan fingerprint density at radius 1 is 0.962 bits per heavy atom. The molecule has 2 heterocycles. The highest BCUT2D eigenvalue weighted by atomic mass is 79.9. The van der Waals surface area contributed by atoms with Crippen molar-refractivity contribution in [3.63, 3.8) is 0 Å². The van der Waals surface area contributed by atoms with Crippen LogP contribution in [0, 0.1) is 0 Å². The van der Waals surface area contributed by atoms with Crippen LogP contribution in [0.2, 0.25) is 0 Å². The number of ether oxygens (including phenoxy) is 3. The van der Waals surface area contributed by atoms with E-state index in [0.717, 1.165) is 47.7 Å². The molecule has 2 aromatic rings. The smallest absolute Gasteiger partial charge is 0.169 e. The first-order valence-electron chi connectivity index (χ1n) is 8.83. The highest BCUT2D eigenvalue weighted by Gasteiger charge is 2.44. The van der Waals surface area contributed by atoms with E-state index in [1.54, 1.807) is 21.3 Å². The maximum absolute atomic E-state index is 5.71. The van der Waals surface area contributed by atoms with Gasteiger partial charge in [-0.1, -0.05) is 6.07 Å². The Labute approximate surface area is 166 Å². The van der Waals surface area contributed by atoms with E-state index >= 15 is 0 Å². The van der Waals surface area contributed by atoms with Crippen molar-refractivity contribution in [2.75, 3.05) is 34.9 Å². The second-order valence-corrected chi connectivity index (χ2v) is 7.33. The summed E-state index contributed by atoms with van der Waals surface area (Å²) in [6.07, 6.45) is 2.12. The first-order chi connectivity index (χ1) is 12.1. The average molecular weight is 420 g/mol. The van der Waals surface area contributed by atoms with E-state index in [0.29, 0.717) is 6.04 Å². The molecule has 4 rings (SSSR count). The molecule has 2 aliphatic heterocycles. The van der Waals surface area contributed by atoms with E-state index in [9.17, 15) is 0 Å². The van der Waals surface area contributed by atoms with Crippen LogP contribution < -0.4 is 31.2 Å². The molecule has 4 nitrogen and oxygen atoms in total. The Kier molecular flexibility index (Phi) is 5.22. The van der Waals surface area contributed by atoms with Crippen molar-refractivity contribution in [2.45, 2.75) is 25.4 Å². The summed E-state index contributed by atoms with van der Waals surface area (Å²) in [7, 11) is 7.56. The maximum atomic E-state index is 5.71. The van der Waals surface area contributed by atoms with Gasteiger partial charge in [0.2, 0.25) is 0 Å². The zero-order chi connectivity index (χ0) is 17.6. The Morgan fingerprint density at radius 3 is 2.46 bits per heavy atom. The average Bonchev–Trinajstić information content (AvgIpc) is 2.64. The van der Waals surface area contributed by atoms with Gasteiger partial charge in [-0.15, -0.1) is 0 Å². The van der Waals surface area contributed by atoms with Gasteiger partial charge in [0.05, 0.1) is 40.5 Å². The topological polar surface area (TPSA) is 27.7 Å². The van der Waals surface area contributed by atoms with Crippen molar-refractivity contribution in [3.8, 4) is 17.2 Å². The molecule has 0 radical (unpaired) electrons. The van der Waals surface area contributed by atoms with Gasteiger partial charge in [0.1, 0.15) is 18.3 Å². The van der Waals surface area contributed by atoms with Crippen LogP contribution in [-0.2, 0) is 19.4 Å². The van der Waals surface area contributed by atoms with E-state index in [2.05, 4.69) is 31.3 Å². The number of quaternary nitrogens is 1. The van der Waals surface area contributed by atoms with Crippen LogP contribution in [0.4, 0.5) is 0 Å². The van der Waals surface area contributed by atoms with Gasteiger partial charge in [0.15, 0.2) is 11.5 Å². The molecule has 0 spiro atoms. The van der Waals surface area contributed by atoms with Gasteiger partial charge in [-0.25, -0.2) is 0 Å². The number of rotatable bonds is 3. The summed E-state index contributed by atoms with van der Waals surface area (Å²) in [6, 6.07) is 11.3. The van der Waals surface area contributed by atoms with Gasteiger partial charge in [0, 0.05) is 18.4 Å². The summed E-state index contributed by atoms with van der Waals surface area (Å²) in [6.45, 7) is 2.11. The van der Waals surface area contributed by atoms with Crippen molar-refractivity contribution >= 4 is 0 Å². The van der Waals surface area contributed by atoms with E-state index in [-0.39, 0.29) is 17.0 Å². The van der Waals surface area contributed by atoms with Gasteiger partial charge in [-0.05, 0) is 35.4 Å². The Balaban J connectivity index is 0.00000196. The molecule has 0 bridgehead atoms.